The lowest BCUT2D eigenvalue weighted by molar-refractivity contribution is 0.0186. The van der Waals surface area contributed by atoms with E-state index in [9.17, 15) is 4.39 Å². The molecule has 2 heterocycles. The Morgan fingerprint density at radius 3 is 2.65 bits per heavy atom. The maximum atomic E-state index is 12.9. The van der Waals surface area contributed by atoms with Crippen molar-refractivity contribution in [1.29, 1.82) is 0 Å². The Labute approximate surface area is 138 Å². The van der Waals surface area contributed by atoms with Crippen LogP contribution in [-0.2, 0) is 4.74 Å². The summed E-state index contributed by atoms with van der Waals surface area (Å²) in [5, 5.41) is 0. The molecule has 0 aliphatic carbocycles. The fourth-order valence-corrected chi connectivity index (χ4v) is 3.49. The second-order valence-electron chi connectivity index (χ2n) is 6.51. The van der Waals surface area contributed by atoms with Crippen LogP contribution < -0.4 is 0 Å². The molecular formula is C19H27FN2O. The Bertz CT molecular complexity index is 497. The molecule has 3 nitrogen and oxygen atoms in total. The number of hydrogen-bond donors (Lipinski definition) is 0. The first-order valence-electron chi connectivity index (χ1n) is 8.77. The van der Waals surface area contributed by atoms with Crippen molar-refractivity contribution in [3.8, 4) is 0 Å². The van der Waals surface area contributed by atoms with E-state index in [0.717, 1.165) is 45.0 Å². The number of likely N-dealkylation sites (tertiary alicyclic amines) is 1. The third-order valence-corrected chi connectivity index (χ3v) is 4.84. The largest absolute Gasteiger partial charge is 0.379 e. The second-order valence-corrected chi connectivity index (χ2v) is 6.51. The fraction of sp³-hybridized carbons (Fsp3) is 0.579. The van der Waals surface area contributed by atoms with E-state index < -0.39 is 0 Å². The zero-order chi connectivity index (χ0) is 15.9. The number of benzene rings is 1. The zero-order valence-corrected chi connectivity index (χ0v) is 13.8. The molecule has 0 amide bonds. The number of morpholine rings is 1. The van der Waals surface area contributed by atoms with Gasteiger partial charge in [-0.15, -0.1) is 0 Å². The van der Waals surface area contributed by atoms with E-state index in [2.05, 4.69) is 22.0 Å². The normalized spacial score (nSPS) is 24.3. The minimum Gasteiger partial charge on any atom is -0.379 e. The quantitative estimate of drug-likeness (QED) is 0.830. The maximum Gasteiger partial charge on any atom is 0.123 e. The van der Waals surface area contributed by atoms with Gasteiger partial charge in [0.05, 0.1) is 13.2 Å². The number of hydrogen-bond acceptors (Lipinski definition) is 3. The van der Waals surface area contributed by atoms with E-state index in [1.807, 2.05) is 12.1 Å². The van der Waals surface area contributed by atoms with Gasteiger partial charge in [0.2, 0.25) is 0 Å². The van der Waals surface area contributed by atoms with Gasteiger partial charge in [-0.05, 0) is 37.1 Å². The molecule has 3 rings (SSSR count). The van der Waals surface area contributed by atoms with Crippen molar-refractivity contribution in [2.45, 2.75) is 25.3 Å². The van der Waals surface area contributed by atoms with Crippen molar-refractivity contribution < 1.29 is 9.13 Å². The van der Waals surface area contributed by atoms with Crippen LogP contribution in [0, 0.1) is 5.82 Å². The van der Waals surface area contributed by atoms with E-state index >= 15 is 0 Å². The van der Waals surface area contributed by atoms with Gasteiger partial charge in [-0.2, -0.15) is 0 Å². The molecule has 1 unspecified atom stereocenters. The Balaban J connectivity index is 1.52. The fourth-order valence-electron chi connectivity index (χ4n) is 3.49. The van der Waals surface area contributed by atoms with Gasteiger partial charge in [-0.25, -0.2) is 4.39 Å². The number of rotatable bonds is 5. The van der Waals surface area contributed by atoms with Crippen LogP contribution in [0.5, 0.6) is 0 Å². The predicted octanol–water partition coefficient (Wildman–Crippen LogP) is 3.03. The van der Waals surface area contributed by atoms with Crippen LogP contribution in [0.3, 0.4) is 0 Å². The van der Waals surface area contributed by atoms with Crippen LogP contribution in [0.4, 0.5) is 4.39 Å². The van der Waals surface area contributed by atoms with E-state index in [4.69, 9.17) is 4.74 Å². The summed E-state index contributed by atoms with van der Waals surface area (Å²) in [5.41, 5.74) is 1.06. The lowest BCUT2D eigenvalue weighted by atomic mass is 10.0. The van der Waals surface area contributed by atoms with Crippen molar-refractivity contribution in [2.75, 3.05) is 45.9 Å². The van der Waals surface area contributed by atoms with E-state index in [0.29, 0.717) is 6.04 Å². The van der Waals surface area contributed by atoms with Crippen molar-refractivity contribution in [3.05, 3.63) is 41.7 Å². The summed E-state index contributed by atoms with van der Waals surface area (Å²) >= 11 is 0. The molecule has 126 valence electrons. The molecule has 2 saturated heterocycles. The number of piperidine rings is 1. The first-order valence-corrected chi connectivity index (χ1v) is 8.77. The minimum atomic E-state index is -0.177. The third-order valence-electron chi connectivity index (χ3n) is 4.84. The predicted molar refractivity (Wildman–Crippen MR) is 91.9 cm³/mol. The minimum absolute atomic E-state index is 0.177. The molecule has 0 radical (unpaired) electrons. The van der Waals surface area contributed by atoms with E-state index in [-0.39, 0.29) is 5.82 Å². The van der Waals surface area contributed by atoms with Crippen molar-refractivity contribution in [1.82, 2.24) is 9.80 Å². The van der Waals surface area contributed by atoms with Crippen molar-refractivity contribution >= 4 is 6.08 Å². The molecule has 23 heavy (non-hydrogen) atoms. The van der Waals surface area contributed by atoms with Crippen molar-refractivity contribution in [2.24, 2.45) is 0 Å². The number of ether oxygens (including phenoxy) is 1. The van der Waals surface area contributed by atoms with Crippen LogP contribution in [0.25, 0.3) is 6.08 Å². The first-order chi connectivity index (χ1) is 11.3. The Morgan fingerprint density at radius 2 is 1.87 bits per heavy atom. The molecule has 1 aromatic carbocycles. The lowest BCUT2D eigenvalue weighted by Gasteiger charge is -2.39. The smallest absolute Gasteiger partial charge is 0.123 e. The standard InChI is InChI=1S/C19H27FN2O/c20-18-8-6-17(7-9-18)4-3-11-22-10-2-1-5-19(22)16-21-12-14-23-15-13-21/h3-4,6-9,19H,1-2,5,10-16H2/b4-3+. The molecule has 0 saturated carbocycles. The van der Waals surface area contributed by atoms with Crippen LogP contribution in [-0.4, -0.2) is 61.8 Å². The molecule has 2 aliphatic heterocycles. The zero-order valence-electron chi connectivity index (χ0n) is 13.8. The van der Waals surface area contributed by atoms with Gasteiger partial charge in [-0.3, -0.25) is 9.80 Å². The highest BCUT2D eigenvalue weighted by atomic mass is 19.1. The molecule has 2 aliphatic rings. The molecule has 1 aromatic rings. The number of halogens is 1. The Kier molecular flexibility index (Phi) is 6.20. The van der Waals surface area contributed by atoms with Gasteiger partial charge < -0.3 is 4.74 Å². The summed E-state index contributed by atoms with van der Waals surface area (Å²) in [7, 11) is 0. The van der Waals surface area contributed by atoms with Crippen LogP contribution in [0.1, 0.15) is 24.8 Å². The first kappa shape index (κ1) is 16.6. The molecule has 4 heteroatoms. The molecular weight excluding hydrogens is 291 g/mol. The van der Waals surface area contributed by atoms with Crippen LogP contribution >= 0.6 is 0 Å². The molecule has 2 fully saturated rings. The van der Waals surface area contributed by atoms with Gasteiger partial charge in [0, 0.05) is 32.2 Å². The van der Waals surface area contributed by atoms with E-state index in [1.54, 1.807) is 0 Å². The van der Waals surface area contributed by atoms with Gasteiger partial charge in [0.15, 0.2) is 0 Å². The SMILES string of the molecule is Fc1ccc(/C=C/CN2CCCCC2CN2CCOCC2)cc1. The molecule has 0 aromatic heterocycles. The Hall–Kier alpha value is -1.23. The summed E-state index contributed by atoms with van der Waals surface area (Å²) < 4.78 is 18.4. The summed E-state index contributed by atoms with van der Waals surface area (Å²) in [6, 6.07) is 7.34. The van der Waals surface area contributed by atoms with Crippen molar-refractivity contribution in [3.63, 3.8) is 0 Å². The third kappa shape index (κ3) is 5.13. The highest BCUT2D eigenvalue weighted by Gasteiger charge is 2.24. The molecule has 0 bridgehead atoms. The van der Waals surface area contributed by atoms with E-state index in [1.165, 1.54) is 37.9 Å². The molecule has 0 spiro atoms. The van der Waals surface area contributed by atoms with Crippen LogP contribution in [0.2, 0.25) is 0 Å². The molecule has 0 N–H and O–H groups in total. The summed E-state index contributed by atoms with van der Waals surface area (Å²) in [6.45, 7) is 7.20. The highest BCUT2D eigenvalue weighted by Crippen LogP contribution is 2.18. The average Bonchev–Trinajstić information content (AvgIpc) is 2.59. The Morgan fingerprint density at radius 1 is 1.09 bits per heavy atom. The summed E-state index contributed by atoms with van der Waals surface area (Å²) in [4.78, 5) is 5.13. The van der Waals surface area contributed by atoms with Crippen LogP contribution in [0.15, 0.2) is 30.3 Å². The topological polar surface area (TPSA) is 15.7 Å². The summed E-state index contributed by atoms with van der Waals surface area (Å²) in [5.74, 6) is -0.177. The monoisotopic (exact) mass is 318 g/mol. The second kappa shape index (κ2) is 8.57. The average molecular weight is 318 g/mol. The maximum absolute atomic E-state index is 12.9. The highest BCUT2D eigenvalue weighted by molar-refractivity contribution is 5.48. The summed E-state index contributed by atoms with van der Waals surface area (Å²) in [6.07, 6.45) is 8.24. The van der Waals surface area contributed by atoms with Gasteiger partial charge >= 0.3 is 0 Å². The molecule has 1 atom stereocenters. The van der Waals surface area contributed by atoms with Gasteiger partial charge in [0.1, 0.15) is 5.82 Å². The lowest BCUT2D eigenvalue weighted by Crippen LogP contribution is -2.49. The van der Waals surface area contributed by atoms with Gasteiger partial charge in [0.25, 0.3) is 0 Å². The number of nitrogens with zero attached hydrogens (tertiary/aromatic N) is 2. The van der Waals surface area contributed by atoms with Gasteiger partial charge in [-0.1, -0.05) is 30.7 Å².